The number of nitrogens with one attached hydrogen (secondary N) is 2. The molecule has 116 valence electrons. The largest absolute Gasteiger partial charge is 0.417 e. The zero-order chi connectivity index (χ0) is 15.1. The van der Waals surface area contributed by atoms with E-state index in [1.54, 1.807) is 0 Å². The van der Waals surface area contributed by atoms with E-state index in [9.17, 15) is 13.2 Å². The maximum absolute atomic E-state index is 12.6. The SMILES string of the molecule is FC(F)(F)c1cnc(NC2CCNC3(CCC3)C2)c(Cl)c1. The molecule has 2 aliphatic rings. The third kappa shape index (κ3) is 3.11. The maximum atomic E-state index is 12.6. The topological polar surface area (TPSA) is 37.0 Å². The molecule has 1 aliphatic carbocycles. The van der Waals surface area contributed by atoms with Crippen molar-refractivity contribution < 1.29 is 13.2 Å². The minimum Gasteiger partial charge on any atom is -0.366 e. The van der Waals surface area contributed by atoms with E-state index in [0.717, 1.165) is 31.6 Å². The Bertz CT molecular complexity index is 529. The van der Waals surface area contributed by atoms with Crippen molar-refractivity contribution in [2.45, 2.75) is 49.9 Å². The summed E-state index contributed by atoms with van der Waals surface area (Å²) in [6.07, 6.45) is 1.86. The number of anilines is 1. The highest BCUT2D eigenvalue weighted by molar-refractivity contribution is 6.33. The number of hydrogen-bond acceptors (Lipinski definition) is 3. The van der Waals surface area contributed by atoms with E-state index in [0.29, 0.717) is 5.82 Å². The van der Waals surface area contributed by atoms with Gasteiger partial charge in [0, 0.05) is 17.8 Å². The van der Waals surface area contributed by atoms with Gasteiger partial charge in [-0.3, -0.25) is 0 Å². The number of halogens is 4. The summed E-state index contributed by atoms with van der Waals surface area (Å²) in [6.45, 7) is 0.913. The third-order valence-electron chi connectivity index (χ3n) is 4.45. The second-order valence-corrected chi connectivity index (χ2v) is 6.35. The fourth-order valence-electron chi connectivity index (χ4n) is 3.16. The van der Waals surface area contributed by atoms with E-state index in [1.807, 2.05) is 0 Å². The molecule has 1 aliphatic heterocycles. The number of alkyl halides is 3. The molecular weight excluding hydrogens is 303 g/mol. The first-order chi connectivity index (χ1) is 9.88. The highest BCUT2D eigenvalue weighted by Gasteiger charge is 2.41. The lowest BCUT2D eigenvalue weighted by Crippen LogP contribution is -2.58. The summed E-state index contributed by atoms with van der Waals surface area (Å²) >= 11 is 5.93. The molecule has 3 rings (SSSR count). The van der Waals surface area contributed by atoms with Gasteiger partial charge in [0.25, 0.3) is 0 Å². The van der Waals surface area contributed by atoms with Gasteiger partial charge < -0.3 is 10.6 Å². The average molecular weight is 320 g/mol. The quantitative estimate of drug-likeness (QED) is 0.869. The summed E-state index contributed by atoms with van der Waals surface area (Å²) in [5.41, 5.74) is -0.604. The number of aromatic nitrogens is 1. The van der Waals surface area contributed by atoms with E-state index in [1.165, 1.54) is 19.3 Å². The average Bonchev–Trinajstić information content (AvgIpc) is 2.38. The van der Waals surface area contributed by atoms with Gasteiger partial charge in [-0.2, -0.15) is 13.2 Å². The van der Waals surface area contributed by atoms with Crippen LogP contribution in [-0.2, 0) is 6.18 Å². The first-order valence-corrected chi connectivity index (χ1v) is 7.50. The molecule has 1 saturated heterocycles. The molecule has 1 unspecified atom stereocenters. The number of nitrogens with zero attached hydrogens (tertiary/aromatic N) is 1. The monoisotopic (exact) mass is 319 g/mol. The number of hydrogen-bond donors (Lipinski definition) is 2. The molecule has 1 saturated carbocycles. The Labute approximate surface area is 126 Å². The summed E-state index contributed by atoms with van der Waals surface area (Å²) in [7, 11) is 0. The van der Waals surface area contributed by atoms with E-state index in [-0.39, 0.29) is 16.6 Å². The standard InChI is InChI=1S/C14H17ClF3N3/c15-11-6-9(14(16,17)18)8-19-12(11)21-10-2-5-20-13(7-10)3-1-4-13/h6,8,10,20H,1-5,7H2,(H,19,21). The number of piperidine rings is 1. The molecule has 7 heteroatoms. The molecular formula is C14H17ClF3N3. The van der Waals surface area contributed by atoms with Crippen LogP contribution in [0.25, 0.3) is 0 Å². The molecule has 1 spiro atoms. The fraction of sp³-hybridized carbons (Fsp3) is 0.643. The molecule has 0 bridgehead atoms. The van der Waals surface area contributed by atoms with E-state index < -0.39 is 11.7 Å². The lowest BCUT2D eigenvalue weighted by Gasteiger charge is -2.48. The lowest BCUT2D eigenvalue weighted by atomic mass is 9.70. The van der Waals surface area contributed by atoms with Crippen LogP contribution >= 0.6 is 11.6 Å². The highest BCUT2D eigenvalue weighted by Crippen LogP contribution is 2.39. The molecule has 0 amide bonds. The number of pyridine rings is 1. The second-order valence-electron chi connectivity index (χ2n) is 5.95. The molecule has 3 nitrogen and oxygen atoms in total. The Morgan fingerprint density at radius 1 is 1.38 bits per heavy atom. The fourth-order valence-corrected chi connectivity index (χ4v) is 3.38. The molecule has 1 aromatic heterocycles. The summed E-state index contributed by atoms with van der Waals surface area (Å²) in [4.78, 5) is 3.85. The minimum absolute atomic E-state index is 0.0195. The van der Waals surface area contributed by atoms with Crippen molar-refractivity contribution in [2.75, 3.05) is 11.9 Å². The molecule has 2 fully saturated rings. The molecule has 21 heavy (non-hydrogen) atoms. The molecule has 1 aromatic rings. The van der Waals surface area contributed by atoms with E-state index >= 15 is 0 Å². The molecule has 0 aromatic carbocycles. The van der Waals surface area contributed by atoms with Crippen LogP contribution in [0, 0.1) is 0 Å². The van der Waals surface area contributed by atoms with Crippen LogP contribution in [0.5, 0.6) is 0 Å². The molecule has 2 N–H and O–H groups in total. The summed E-state index contributed by atoms with van der Waals surface area (Å²) in [5.74, 6) is 0.339. The van der Waals surface area contributed by atoms with Crippen LogP contribution < -0.4 is 10.6 Å². The number of rotatable bonds is 2. The van der Waals surface area contributed by atoms with Gasteiger partial charge in [0.05, 0.1) is 10.6 Å². The summed E-state index contributed by atoms with van der Waals surface area (Å²) in [5, 5.41) is 6.77. The normalized spacial score (nSPS) is 24.7. The maximum Gasteiger partial charge on any atom is 0.417 e. The first kappa shape index (κ1) is 14.9. The van der Waals surface area contributed by atoms with Gasteiger partial charge in [-0.15, -0.1) is 0 Å². The van der Waals surface area contributed by atoms with Gasteiger partial charge in [0.1, 0.15) is 5.82 Å². The second kappa shape index (κ2) is 5.32. The molecule has 1 atom stereocenters. The van der Waals surface area contributed by atoms with Crippen molar-refractivity contribution in [1.82, 2.24) is 10.3 Å². The minimum atomic E-state index is -4.42. The molecule has 2 heterocycles. The van der Waals surface area contributed by atoms with Crippen LogP contribution in [-0.4, -0.2) is 23.1 Å². The van der Waals surface area contributed by atoms with Gasteiger partial charge in [-0.05, 0) is 44.7 Å². The smallest absolute Gasteiger partial charge is 0.366 e. The Balaban J connectivity index is 1.70. The van der Waals surface area contributed by atoms with Crippen molar-refractivity contribution in [2.24, 2.45) is 0 Å². The van der Waals surface area contributed by atoms with Gasteiger partial charge >= 0.3 is 6.18 Å². The zero-order valence-electron chi connectivity index (χ0n) is 11.4. The Morgan fingerprint density at radius 2 is 2.14 bits per heavy atom. The predicted octanol–water partition coefficient (Wildman–Crippen LogP) is 3.84. The molecule has 0 radical (unpaired) electrons. The van der Waals surface area contributed by atoms with Crippen molar-refractivity contribution in [3.63, 3.8) is 0 Å². The van der Waals surface area contributed by atoms with E-state index in [2.05, 4.69) is 15.6 Å². The lowest BCUT2D eigenvalue weighted by molar-refractivity contribution is -0.137. The van der Waals surface area contributed by atoms with Crippen molar-refractivity contribution in [3.8, 4) is 0 Å². The zero-order valence-corrected chi connectivity index (χ0v) is 12.2. The Hall–Kier alpha value is -1.01. The van der Waals surface area contributed by atoms with E-state index in [4.69, 9.17) is 11.6 Å². The van der Waals surface area contributed by atoms with Gasteiger partial charge in [-0.1, -0.05) is 11.6 Å². The van der Waals surface area contributed by atoms with Crippen LogP contribution in [0.1, 0.15) is 37.7 Å². The summed E-state index contributed by atoms with van der Waals surface area (Å²) < 4.78 is 37.8. The third-order valence-corrected chi connectivity index (χ3v) is 4.74. The Morgan fingerprint density at radius 3 is 2.71 bits per heavy atom. The first-order valence-electron chi connectivity index (χ1n) is 7.12. The van der Waals surface area contributed by atoms with Gasteiger partial charge in [-0.25, -0.2) is 4.98 Å². The van der Waals surface area contributed by atoms with Gasteiger partial charge in [0.2, 0.25) is 0 Å². The van der Waals surface area contributed by atoms with Crippen molar-refractivity contribution in [3.05, 3.63) is 22.8 Å². The van der Waals surface area contributed by atoms with Crippen LogP contribution in [0.2, 0.25) is 5.02 Å². The van der Waals surface area contributed by atoms with Crippen molar-refractivity contribution in [1.29, 1.82) is 0 Å². The van der Waals surface area contributed by atoms with Gasteiger partial charge in [0.15, 0.2) is 0 Å². The van der Waals surface area contributed by atoms with Crippen molar-refractivity contribution >= 4 is 17.4 Å². The van der Waals surface area contributed by atoms with Crippen LogP contribution in [0.15, 0.2) is 12.3 Å². The van der Waals surface area contributed by atoms with Crippen LogP contribution in [0.3, 0.4) is 0 Å². The highest BCUT2D eigenvalue weighted by atomic mass is 35.5. The predicted molar refractivity (Wildman–Crippen MR) is 75.5 cm³/mol. The summed E-state index contributed by atoms with van der Waals surface area (Å²) in [6, 6.07) is 1.13. The van der Waals surface area contributed by atoms with Crippen LogP contribution in [0.4, 0.5) is 19.0 Å². The Kier molecular flexibility index (Phi) is 3.78.